The largest absolute Gasteiger partial charge is 0.492 e. The van der Waals surface area contributed by atoms with E-state index in [0.717, 1.165) is 34.1 Å². The molecule has 3 aromatic rings. The van der Waals surface area contributed by atoms with Crippen LogP contribution in [0.1, 0.15) is 22.3 Å². The number of nitrogens with zero attached hydrogens (tertiary/aromatic N) is 1. The summed E-state index contributed by atoms with van der Waals surface area (Å²) < 4.78 is 11.3. The van der Waals surface area contributed by atoms with Crippen LogP contribution >= 0.6 is 11.8 Å². The third-order valence-electron chi connectivity index (χ3n) is 5.88. The molecule has 7 nitrogen and oxygen atoms in total. The average Bonchev–Trinajstić information content (AvgIpc) is 3.14. The molecule has 0 aromatic heterocycles. The number of hydrogen-bond acceptors (Lipinski definition) is 6. The Balaban J connectivity index is 1.32. The highest BCUT2D eigenvalue weighted by Gasteiger charge is 2.34. The molecule has 0 atom stereocenters. The zero-order valence-corrected chi connectivity index (χ0v) is 21.8. The lowest BCUT2D eigenvalue weighted by molar-refractivity contribution is -0.123. The van der Waals surface area contributed by atoms with Gasteiger partial charge in [0.25, 0.3) is 17.1 Å². The molecule has 1 fully saturated rings. The maximum absolute atomic E-state index is 12.8. The number of rotatable bonds is 9. The maximum atomic E-state index is 12.8. The highest BCUT2D eigenvalue weighted by Crippen LogP contribution is 2.32. The smallest absolute Gasteiger partial charge is 0.293 e. The van der Waals surface area contributed by atoms with E-state index >= 15 is 0 Å². The zero-order valence-electron chi connectivity index (χ0n) is 20.9. The Hall–Kier alpha value is -4.04. The van der Waals surface area contributed by atoms with Crippen LogP contribution in [0.4, 0.5) is 10.5 Å². The number of thioether (sulfide) groups is 1. The quantitative estimate of drug-likeness (QED) is 0.365. The minimum Gasteiger partial charge on any atom is -0.492 e. The molecular weight excluding hydrogens is 488 g/mol. The van der Waals surface area contributed by atoms with E-state index in [0.29, 0.717) is 22.0 Å². The Morgan fingerprint density at radius 3 is 2.49 bits per heavy atom. The van der Waals surface area contributed by atoms with Gasteiger partial charge in [0, 0.05) is 5.69 Å². The summed E-state index contributed by atoms with van der Waals surface area (Å²) in [6, 6.07) is 20.3. The van der Waals surface area contributed by atoms with Crippen molar-refractivity contribution < 1.29 is 23.9 Å². The SMILES string of the molecule is Cc1ccc(OCCN2C(=O)S/C(=C\c3cccc(OCC(=O)Nc4cccc(C)c4C)c3)C2=O)cc1. The first-order valence-electron chi connectivity index (χ1n) is 11.8. The Labute approximate surface area is 220 Å². The van der Waals surface area contributed by atoms with Crippen molar-refractivity contribution in [3.63, 3.8) is 0 Å². The second kappa shape index (κ2) is 11.8. The number of imide groups is 1. The summed E-state index contributed by atoms with van der Waals surface area (Å²) in [6.07, 6.45) is 1.65. The van der Waals surface area contributed by atoms with Crippen LogP contribution < -0.4 is 14.8 Å². The molecule has 1 aliphatic rings. The van der Waals surface area contributed by atoms with Gasteiger partial charge in [-0.3, -0.25) is 19.3 Å². The van der Waals surface area contributed by atoms with E-state index in [4.69, 9.17) is 9.47 Å². The van der Waals surface area contributed by atoms with Crippen LogP contribution in [0.15, 0.2) is 71.6 Å². The number of carbonyl (C=O) groups excluding carboxylic acids is 3. The van der Waals surface area contributed by atoms with Crippen LogP contribution in [0.3, 0.4) is 0 Å². The minimum absolute atomic E-state index is 0.158. The summed E-state index contributed by atoms with van der Waals surface area (Å²) in [6.45, 7) is 6.14. The third kappa shape index (κ3) is 6.80. The van der Waals surface area contributed by atoms with Gasteiger partial charge in [0.2, 0.25) is 0 Å². The van der Waals surface area contributed by atoms with E-state index in [1.165, 1.54) is 4.90 Å². The first kappa shape index (κ1) is 26.0. The topological polar surface area (TPSA) is 84.9 Å². The number of benzene rings is 3. The summed E-state index contributed by atoms with van der Waals surface area (Å²) in [5.74, 6) is 0.540. The van der Waals surface area contributed by atoms with Crippen molar-refractivity contribution in [1.82, 2.24) is 4.90 Å². The van der Waals surface area contributed by atoms with E-state index in [2.05, 4.69) is 5.32 Å². The van der Waals surface area contributed by atoms with Gasteiger partial charge in [0.05, 0.1) is 11.4 Å². The molecule has 37 heavy (non-hydrogen) atoms. The van der Waals surface area contributed by atoms with Crippen molar-refractivity contribution in [2.75, 3.05) is 25.1 Å². The average molecular weight is 517 g/mol. The molecule has 0 spiro atoms. The lowest BCUT2D eigenvalue weighted by atomic mass is 10.1. The predicted molar refractivity (Wildman–Crippen MR) is 146 cm³/mol. The first-order chi connectivity index (χ1) is 17.8. The summed E-state index contributed by atoms with van der Waals surface area (Å²) >= 11 is 0.891. The standard InChI is InChI=1S/C29H28N2O5S/c1-19-10-12-23(13-11-19)35-15-14-31-28(33)26(37-29(31)34)17-22-7-5-8-24(16-22)36-18-27(32)30-25-9-4-6-20(2)21(25)3/h4-13,16-17H,14-15,18H2,1-3H3,(H,30,32)/b26-17-. The Kier molecular flexibility index (Phi) is 8.30. The Morgan fingerprint density at radius 2 is 1.70 bits per heavy atom. The number of nitrogens with one attached hydrogen (secondary N) is 1. The summed E-state index contributed by atoms with van der Waals surface area (Å²) in [5, 5.41) is 2.53. The Bertz CT molecular complexity index is 1350. The van der Waals surface area contributed by atoms with Crippen molar-refractivity contribution in [1.29, 1.82) is 0 Å². The van der Waals surface area contributed by atoms with Gasteiger partial charge in [-0.05, 0) is 85.6 Å². The number of aryl methyl sites for hydroxylation is 2. The fourth-order valence-electron chi connectivity index (χ4n) is 3.65. The number of ether oxygens (including phenoxy) is 2. The van der Waals surface area contributed by atoms with Crippen molar-refractivity contribution in [3.05, 3.63) is 93.9 Å². The highest BCUT2D eigenvalue weighted by molar-refractivity contribution is 8.18. The van der Waals surface area contributed by atoms with Crippen molar-refractivity contribution in [2.45, 2.75) is 20.8 Å². The molecule has 0 bridgehead atoms. The van der Waals surface area contributed by atoms with E-state index in [1.807, 2.05) is 63.2 Å². The lowest BCUT2D eigenvalue weighted by Crippen LogP contribution is -2.32. The molecule has 3 aromatic carbocycles. The fraction of sp³-hybridized carbons (Fsp3) is 0.207. The molecule has 190 valence electrons. The van der Waals surface area contributed by atoms with Crippen LogP contribution in [-0.4, -0.2) is 41.7 Å². The number of amides is 3. The predicted octanol–water partition coefficient (Wildman–Crippen LogP) is 5.74. The number of hydrogen-bond donors (Lipinski definition) is 1. The van der Waals surface area contributed by atoms with Gasteiger partial charge in [-0.15, -0.1) is 0 Å². The second-order valence-electron chi connectivity index (χ2n) is 8.65. The Morgan fingerprint density at radius 1 is 0.946 bits per heavy atom. The minimum atomic E-state index is -0.360. The van der Waals surface area contributed by atoms with Gasteiger partial charge in [-0.1, -0.05) is 42.0 Å². The number of anilines is 1. The second-order valence-corrected chi connectivity index (χ2v) is 9.64. The molecule has 0 radical (unpaired) electrons. The molecule has 0 saturated carbocycles. The summed E-state index contributed by atoms with van der Waals surface area (Å²) in [7, 11) is 0. The monoisotopic (exact) mass is 516 g/mol. The fourth-order valence-corrected chi connectivity index (χ4v) is 4.51. The van der Waals surface area contributed by atoms with Crippen LogP contribution in [0, 0.1) is 20.8 Å². The van der Waals surface area contributed by atoms with E-state index < -0.39 is 0 Å². The summed E-state index contributed by atoms with van der Waals surface area (Å²) in [4.78, 5) is 39.1. The van der Waals surface area contributed by atoms with Crippen LogP contribution in [0.5, 0.6) is 11.5 Å². The van der Waals surface area contributed by atoms with Gasteiger partial charge in [-0.2, -0.15) is 0 Å². The van der Waals surface area contributed by atoms with Crippen molar-refractivity contribution >= 4 is 40.6 Å². The third-order valence-corrected chi connectivity index (χ3v) is 6.79. The van der Waals surface area contributed by atoms with Gasteiger partial charge >= 0.3 is 0 Å². The maximum Gasteiger partial charge on any atom is 0.293 e. The van der Waals surface area contributed by atoms with E-state index in [9.17, 15) is 14.4 Å². The van der Waals surface area contributed by atoms with Crippen molar-refractivity contribution in [3.8, 4) is 11.5 Å². The van der Waals surface area contributed by atoms with E-state index in [-0.39, 0.29) is 36.8 Å². The lowest BCUT2D eigenvalue weighted by Gasteiger charge is -2.13. The van der Waals surface area contributed by atoms with Gasteiger partial charge in [-0.25, -0.2) is 0 Å². The van der Waals surface area contributed by atoms with Crippen LogP contribution in [0.25, 0.3) is 6.08 Å². The van der Waals surface area contributed by atoms with Gasteiger partial charge in [0.15, 0.2) is 6.61 Å². The first-order valence-corrected chi connectivity index (χ1v) is 12.7. The molecule has 3 amide bonds. The molecule has 1 saturated heterocycles. The van der Waals surface area contributed by atoms with E-state index in [1.54, 1.807) is 30.3 Å². The molecule has 1 heterocycles. The molecule has 1 aliphatic heterocycles. The molecule has 8 heteroatoms. The van der Waals surface area contributed by atoms with Gasteiger partial charge in [0.1, 0.15) is 18.1 Å². The molecular formula is C29H28N2O5S. The van der Waals surface area contributed by atoms with Crippen LogP contribution in [-0.2, 0) is 9.59 Å². The van der Waals surface area contributed by atoms with Crippen LogP contribution in [0.2, 0.25) is 0 Å². The highest BCUT2D eigenvalue weighted by atomic mass is 32.2. The normalized spacial score (nSPS) is 14.2. The molecule has 0 aliphatic carbocycles. The molecule has 4 rings (SSSR count). The van der Waals surface area contributed by atoms with Crippen molar-refractivity contribution in [2.24, 2.45) is 0 Å². The number of carbonyl (C=O) groups is 3. The molecule has 0 unspecified atom stereocenters. The zero-order chi connectivity index (χ0) is 26.4. The summed E-state index contributed by atoms with van der Waals surface area (Å²) in [5.41, 5.74) is 4.66. The molecule has 1 N–H and O–H groups in total. The van der Waals surface area contributed by atoms with Gasteiger partial charge < -0.3 is 14.8 Å².